The topological polar surface area (TPSA) is 113 Å². The number of carbonyl (C=O) groups excluding carboxylic acids is 3. The summed E-state index contributed by atoms with van der Waals surface area (Å²) in [4.78, 5) is 34.9. The van der Waals surface area contributed by atoms with Gasteiger partial charge >= 0.3 is 0 Å². The molecule has 7 nitrogen and oxygen atoms in total. The van der Waals surface area contributed by atoms with E-state index in [-0.39, 0.29) is 43.1 Å². The third kappa shape index (κ3) is 7.73. The molecule has 0 fully saturated rings. The Hall–Kier alpha value is -2.41. The molecule has 0 aliphatic heterocycles. The maximum absolute atomic E-state index is 11.7. The number of hydrogen-bond acceptors (Lipinski definition) is 4. The van der Waals surface area contributed by atoms with E-state index in [9.17, 15) is 14.4 Å². The van der Waals surface area contributed by atoms with Gasteiger partial charge in [-0.3, -0.25) is 14.4 Å². The molecule has 7 heteroatoms. The summed E-state index contributed by atoms with van der Waals surface area (Å²) in [6.07, 6.45) is 0.179. The normalized spacial score (nSPS) is 11.7. The molecule has 0 saturated carbocycles. The van der Waals surface area contributed by atoms with Gasteiger partial charge in [0.1, 0.15) is 0 Å². The van der Waals surface area contributed by atoms with Gasteiger partial charge in [0.2, 0.25) is 17.7 Å². The van der Waals surface area contributed by atoms with Gasteiger partial charge < -0.3 is 21.7 Å². The maximum atomic E-state index is 11.7. The third-order valence-corrected chi connectivity index (χ3v) is 3.45. The van der Waals surface area contributed by atoms with Crippen LogP contribution in [-0.4, -0.2) is 36.9 Å². The quantitative estimate of drug-likeness (QED) is 0.505. The van der Waals surface area contributed by atoms with Crippen molar-refractivity contribution in [3.05, 3.63) is 35.9 Å². The van der Waals surface area contributed by atoms with Crippen molar-refractivity contribution in [2.24, 2.45) is 11.7 Å². The molecule has 1 rings (SSSR count). The van der Waals surface area contributed by atoms with Crippen molar-refractivity contribution in [2.75, 3.05) is 13.1 Å². The fraction of sp³-hybridized carbons (Fsp3) is 0.471. The fourth-order valence-corrected chi connectivity index (χ4v) is 1.85. The molecule has 0 radical (unpaired) electrons. The molecule has 0 heterocycles. The molecule has 0 bridgehead atoms. The number of nitrogens with one attached hydrogen (secondary N) is 3. The lowest BCUT2D eigenvalue weighted by atomic mass is 10.1. The summed E-state index contributed by atoms with van der Waals surface area (Å²) < 4.78 is 0. The molecule has 24 heavy (non-hydrogen) atoms. The van der Waals surface area contributed by atoms with E-state index in [0.29, 0.717) is 6.54 Å². The summed E-state index contributed by atoms with van der Waals surface area (Å²) in [6.45, 7) is 4.18. The molecule has 0 aliphatic rings. The summed E-state index contributed by atoms with van der Waals surface area (Å²) in [7, 11) is 0. The number of rotatable bonds is 9. The fourth-order valence-electron chi connectivity index (χ4n) is 1.85. The summed E-state index contributed by atoms with van der Waals surface area (Å²) in [5.74, 6) is -0.859. The Morgan fingerprint density at radius 1 is 1.00 bits per heavy atom. The van der Waals surface area contributed by atoms with Crippen LogP contribution in [0.4, 0.5) is 0 Å². The van der Waals surface area contributed by atoms with Crippen molar-refractivity contribution in [3.8, 4) is 0 Å². The minimum Gasteiger partial charge on any atom is -0.354 e. The first-order valence-electron chi connectivity index (χ1n) is 8.00. The zero-order chi connectivity index (χ0) is 17.9. The average molecular weight is 334 g/mol. The predicted molar refractivity (Wildman–Crippen MR) is 91.7 cm³/mol. The van der Waals surface area contributed by atoms with Crippen LogP contribution in [0.3, 0.4) is 0 Å². The van der Waals surface area contributed by atoms with Gasteiger partial charge in [-0.25, -0.2) is 0 Å². The molecule has 0 unspecified atom stereocenters. The zero-order valence-electron chi connectivity index (χ0n) is 14.2. The van der Waals surface area contributed by atoms with Crippen molar-refractivity contribution < 1.29 is 14.4 Å². The van der Waals surface area contributed by atoms with Crippen molar-refractivity contribution >= 4 is 17.7 Å². The van der Waals surface area contributed by atoms with Gasteiger partial charge in [-0.2, -0.15) is 0 Å². The van der Waals surface area contributed by atoms with Crippen molar-refractivity contribution in [3.63, 3.8) is 0 Å². The molecule has 1 aromatic rings. The second kappa shape index (κ2) is 10.4. The highest BCUT2D eigenvalue weighted by Gasteiger charge is 2.17. The van der Waals surface area contributed by atoms with Crippen molar-refractivity contribution in [2.45, 2.75) is 32.9 Å². The van der Waals surface area contributed by atoms with E-state index < -0.39 is 6.04 Å². The lowest BCUT2D eigenvalue weighted by molar-refractivity contribution is -0.127. The monoisotopic (exact) mass is 334 g/mol. The maximum Gasteiger partial charge on any atom is 0.239 e. The molecular formula is C17H26N4O3. The molecule has 0 aromatic heterocycles. The van der Waals surface area contributed by atoms with Crippen LogP contribution in [0.1, 0.15) is 25.8 Å². The van der Waals surface area contributed by atoms with Gasteiger partial charge in [-0.1, -0.05) is 44.2 Å². The Labute approximate surface area is 142 Å². The molecular weight excluding hydrogens is 308 g/mol. The van der Waals surface area contributed by atoms with Crippen LogP contribution < -0.4 is 21.7 Å². The first-order chi connectivity index (χ1) is 11.4. The number of benzene rings is 1. The van der Waals surface area contributed by atoms with E-state index >= 15 is 0 Å². The van der Waals surface area contributed by atoms with E-state index in [1.807, 2.05) is 44.2 Å². The molecule has 1 aromatic carbocycles. The van der Waals surface area contributed by atoms with Crippen LogP contribution in [0.2, 0.25) is 0 Å². The summed E-state index contributed by atoms with van der Waals surface area (Å²) in [6, 6.07) is 8.93. The Morgan fingerprint density at radius 2 is 1.67 bits per heavy atom. The number of nitrogens with two attached hydrogens (primary N) is 1. The van der Waals surface area contributed by atoms with Gasteiger partial charge in [0, 0.05) is 19.5 Å². The van der Waals surface area contributed by atoms with Gasteiger partial charge in [-0.15, -0.1) is 0 Å². The van der Waals surface area contributed by atoms with Gasteiger partial charge in [0.05, 0.1) is 12.6 Å². The Balaban J connectivity index is 2.14. The molecule has 1 atom stereocenters. The highest BCUT2D eigenvalue weighted by molar-refractivity contribution is 5.87. The summed E-state index contributed by atoms with van der Waals surface area (Å²) in [5.41, 5.74) is 6.68. The van der Waals surface area contributed by atoms with E-state index in [2.05, 4.69) is 16.0 Å². The molecule has 132 valence electrons. The summed E-state index contributed by atoms with van der Waals surface area (Å²) in [5, 5.41) is 7.83. The number of carbonyl (C=O) groups is 3. The largest absolute Gasteiger partial charge is 0.354 e. The minimum absolute atomic E-state index is 0.00127. The van der Waals surface area contributed by atoms with Gasteiger partial charge in [0.25, 0.3) is 0 Å². The van der Waals surface area contributed by atoms with E-state index in [4.69, 9.17) is 5.73 Å². The van der Waals surface area contributed by atoms with E-state index in [1.54, 1.807) is 0 Å². The Morgan fingerprint density at radius 3 is 2.29 bits per heavy atom. The smallest absolute Gasteiger partial charge is 0.239 e. The summed E-state index contributed by atoms with van der Waals surface area (Å²) >= 11 is 0. The lowest BCUT2D eigenvalue weighted by Crippen LogP contribution is -2.47. The first kappa shape index (κ1) is 19.6. The second-order valence-corrected chi connectivity index (χ2v) is 5.85. The SMILES string of the molecule is CC(C)[C@H](N)C(=O)NCC(=O)NCCC(=O)NCc1ccccc1. The molecule has 0 spiro atoms. The van der Waals surface area contributed by atoms with Gasteiger partial charge in [0.15, 0.2) is 0 Å². The molecule has 0 saturated heterocycles. The second-order valence-electron chi connectivity index (χ2n) is 5.85. The third-order valence-electron chi connectivity index (χ3n) is 3.45. The van der Waals surface area contributed by atoms with Crippen molar-refractivity contribution in [1.29, 1.82) is 0 Å². The van der Waals surface area contributed by atoms with Crippen molar-refractivity contribution in [1.82, 2.24) is 16.0 Å². The van der Waals surface area contributed by atoms with Gasteiger partial charge in [-0.05, 0) is 11.5 Å². The molecule has 0 aliphatic carbocycles. The molecule has 5 N–H and O–H groups in total. The standard InChI is InChI=1S/C17H26N4O3/c1-12(2)16(18)17(24)21-11-15(23)19-9-8-14(22)20-10-13-6-4-3-5-7-13/h3-7,12,16H,8-11,18H2,1-2H3,(H,19,23)(H,20,22)(H,21,24)/t16-/m0/s1. The van der Waals surface area contributed by atoms with Crippen LogP contribution in [0.15, 0.2) is 30.3 Å². The molecule has 3 amide bonds. The predicted octanol–water partition coefficient (Wildman–Crippen LogP) is -0.0914. The van der Waals surface area contributed by atoms with Crippen LogP contribution >= 0.6 is 0 Å². The van der Waals surface area contributed by atoms with E-state index in [1.165, 1.54) is 0 Å². The highest BCUT2D eigenvalue weighted by Crippen LogP contribution is 1.98. The van der Waals surface area contributed by atoms with Crippen LogP contribution in [-0.2, 0) is 20.9 Å². The number of hydrogen-bond donors (Lipinski definition) is 4. The zero-order valence-corrected chi connectivity index (χ0v) is 14.2. The van der Waals surface area contributed by atoms with Crippen LogP contribution in [0, 0.1) is 5.92 Å². The first-order valence-corrected chi connectivity index (χ1v) is 8.00. The van der Waals surface area contributed by atoms with Crippen LogP contribution in [0.25, 0.3) is 0 Å². The Kier molecular flexibility index (Phi) is 8.49. The van der Waals surface area contributed by atoms with Crippen LogP contribution in [0.5, 0.6) is 0 Å². The lowest BCUT2D eigenvalue weighted by Gasteiger charge is -2.15. The highest BCUT2D eigenvalue weighted by atomic mass is 16.2. The number of amides is 3. The average Bonchev–Trinajstić information content (AvgIpc) is 2.58. The minimum atomic E-state index is -0.637. The van der Waals surface area contributed by atoms with E-state index in [0.717, 1.165) is 5.56 Å². The Bertz CT molecular complexity index is 546.